The van der Waals surface area contributed by atoms with Crippen LogP contribution in [-0.4, -0.2) is 50.6 Å². The third kappa shape index (κ3) is 4.36. The first-order chi connectivity index (χ1) is 14.2. The molecule has 1 saturated heterocycles. The average Bonchev–Trinajstić information content (AvgIpc) is 3.07. The summed E-state index contributed by atoms with van der Waals surface area (Å²) in [4.78, 5) is 19.5. The molecule has 1 aromatic heterocycles. The van der Waals surface area contributed by atoms with Crippen LogP contribution in [0.4, 0.5) is 8.78 Å². The summed E-state index contributed by atoms with van der Waals surface area (Å²) in [6.45, 7) is 5.99. The minimum Gasteiger partial charge on any atom is -0.393 e. The van der Waals surface area contributed by atoms with Crippen molar-refractivity contribution < 1.29 is 18.7 Å². The van der Waals surface area contributed by atoms with Crippen LogP contribution < -0.4 is 0 Å². The molecule has 5 nitrogen and oxygen atoms in total. The molecule has 1 aliphatic heterocycles. The van der Waals surface area contributed by atoms with E-state index in [0.717, 1.165) is 16.9 Å². The van der Waals surface area contributed by atoms with Crippen molar-refractivity contribution in [2.24, 2.45) is 5.92 Å². The molecule has 7 heteroatoms. The summed E-state index contributed by atoms with van der Waals surface area (Å²) in [5, 5.41) is 9.68. The first-order valence-electron chi connectivity index (χ1n) is 11.1. The van der Waals surface area contributed by atoms with Gasteiger partial charge in [-0.05, 0) is 49.8 Å². The van der Waals surface area contributed by atoms with Gasteiger partial charge in [0.05, 0.1) is 17.1 Å². The monoisotopic (exact) mass is 419 g/mol. The van der Waals surface area contributed by atoms with Gasteiger partial charge in [-0.2, -0.15) is 0 Å². The zero-order valence-electron chi connectivity index (χ0n) is 17.8. The molecule has 30 heavy (non-hydrogen) atoms. The van der Waals surface area contributed by atoms with Crippen molar-refractivity contribution in [3.05, 3.63) is 29.6 Å². The van der Waals surface area contributed by atoms with E-state index in [0.29, 0.717) is 50.9 Å². The van der Waals surface area contributed by atoms with Crippen molar-refractivity contribution in [3.63, 3.8) is 0 Å². The molecule has 2 heterocycles. The highest BCUT2D eigenvalue weighted by Crippen LogP contribution is 2.37. The van der Waals surface area contributed by atoms with Crippen molar-refractivity contribution in [3.8, 4) is 0 Å². The van der Waals surface area contributed by atoms with E-state index >= 15 is 0 Å². The maximum atomic E-state index is 13.5. The minimum absolute atomic E-state index is 0.0287. The maximum Gasteiger partial charge on any atom is 0.253 e. The number of hydrogen-bond acceptors (Lipinski definition) is 3. The molecule has 4 rings (SSSR count). The second-order valence-corrected chi connectivity index (χ2v) is 9.26. The van der Waals surface area contributed by atoms with Crippen molar-refractivity contribution in [1.82, 2.24) is 14.5 Å². The van der Waals surface area contributed by atoms with Crippen molar-refractivity contribution in [1.29, 1.82) is 0 Å². The summed E-state index contributed by atoms with van der Waals surface area (Å²) in [7, 11) is 0. The topological polar surface area (TPSA) is 58.4 Å². The van der Waals surface area contributed by atoms with E-state index in [9.17, 15) is 18.7 Å². The highest BCUT2D eigenvalue weighted by molar-refractivity contribution is 5.97. The first-order valence-corrected chi connectivity index (χ1v) is 11.1. The Balaban J connectivity index is 1.58. The Morgan fingerprint density at radius 3 is 2.50 bits per heavy atom. The Hall–Kier alpha value is -2.02. The maximum absolute atomic E-state index is 13.5. The Kier molecular flexibility index (Phi) is 5.84. The van der Waals surface area contributed by atoms with E-state index in [4.69, 9.17) is 4.98 Å². The molecular weight excluding hydrogens is 388 g/mol. The van der Waals surface area contributed by atoms with Gasteiger partial charge in [-0.15, -0.1) is 0 Å². The van der Waals surface area contributed by atoms with Crippen LogP contribution in [0, 0.1) is 5.92 Å². The Morgan fingerprint density at radius 2 is 1.87 bits per heavy atom. The van der Waals surface area contributed by atoms with E-state index in [2.05, 4.69) is 18.4 Å². The standard InChI is InChI=1S/C23H31F2N3O2/c1-15(2)21-26-19-13-17(22(30)27-11-7-18(29)8-12-27)3-4-20(19)28(21)14-16-5-9-23(24,25)10-6-16/h3-4,13,15-16,18,29H,5-12,14H2,1-2H3. The molecule has 0 atom stereocenters. The first kappa shape index (κ1) is 21.2. The van der Waals surface area contributed by atoms with E-state index in [1.807, 2.05) is 18.2 Å². The number of halogens is 2. The van der Waals surface area contributed by atoms with E-state index in [-0.39, 0.29) is 36.7 Å². The van der Waals surface area contributed by atoms with Gasteiger partial charge in [-0.25, -0.2) is 13.8 Å². The molecule has 0 radical (unpaired) electrons. The number of fused-ring (bicyclic) bond motifs is 1. The predicted octanol–water partition coefficient (Wildman–Crippen LogP) is 4.58. The molecule has 2 aromatic rings. The fourth-order valence-corrected chi connectivity index (χ4v) is 4.71. The highest BCUT2D eigenvalue weighted by atomic mass is 19.3. The van der Waals surface area contributed by atoms with Gasteiger partial charge < -0.3 is 14.6 Å². The third-order valence-corrected chi connectivity index (χ3v) is 6.57. The van der Waals surface area contributed by atoms with Crippen LogP contribution in [0.15, 0.2) is 18.2 Å². The third-order valence-electron chi connectivity index (χ3n) is 6.57. The summed E-state index contributed by atoms with van der Waals surface area (Å²) in [6.07, 6.45) is 1.89. The fourth-order valence-electron chi connectivity index (χ4n) is 4.71. The highest BCUT2D eigenvalue weighted by Gasteiger charge is 2.35. The second-order valence-electron chi connectivity index (χ2n) is 9.26. The van der Waals surface area contributed by atoms with Gasteiger partial charge in [0.1, 0.15) is 5.82 Å². The van der Waals surface area contributed by atoms with Crippen LogP contribution in [-0.2, 0) is 6.54 Å². The second kappa shape index (κ2) is 8.25. The lowest BCUT2D eigenvalue weighted by atomic mass is 9.86. The number of carbonyl (C=O) groups excluding carboxylic acids is 1. The lowest BCUT2D eigenvalue weighted by Crippen LogP contribution is -2.40. The number of likely N-dealkylation sites (tertiary alicyclic amines) is 1. The van der Waals surface area contributed by atoms with Crippen LogP contribution in [0.1, 0.15) is 74.5 Å². The zero-order chi connectivity index (χ0) is 21.5. The van der Waals surface area contributed by atoms with Crippen molar-refractivity contribution in [2.75, 3.05) is 13.1 Å². The van der Waals surface area contributed by atoms with Gasteiger partial charge in [0.2, 0.25) is 5.92 Å². The number of piperidine rings is 1. The number of benzene rings is 1. The molecule has 164 valence electrons. The fraction of sp³-hybridized carbons (Fsp3) is 0.652. The molecular formula is C23H31F2N3O2. The van der Waals surface area contributed by atoms with Crippen molar-refractivity contribution >= 4 is 16.9 Å². The summed E-state index contributed by atoms with van der Waals surface area (Å²) < 4.78 is 29.3. The molecule has 1 N–H and O–H groups in total. The lowest BCUT2D eigenvalue weighted by molar-refractivity contribution is -0.0473. The summed E-state index contributed by atoms with van der Waals surface area (Å²) in [5.74, 6) is -1.19. The lowest BCUT2D eigenvalue weighted by Gasteiger charge is -2.29. The van der Waals surface area contributed by atoms with Crippen LogP contribution in [0.5, 0.6) is 0 Å². The summed E-state index contributed by atoms with van der Waals surface area (Å²) in [6, 6.07) is 5.63. The normalized spacial score (nSPS) is 20.9. The van der Waals surface area contributed by atoms with Gasteiger partial charge in [0.25, 0.3) is 5.91 Å². The number of aromatic nitrogens is 2. The number of aliphatic hydroxyl groups is 1. The van der Waals surface area contributed by atoms with E-state index in [1.54, 1.807) is 4.90 Å². The quantitative estimate of drug-likeness (QED) is 0.789. The molecule has 0 spiro atoms. The number of amides is 1. The molecule has 0 bridgehead atoms. The van der Waals surface area contributed by atoms with E-state index in [1.165, 1.54) is 0 Å². The smallest absolute Gasteiger partial charge is 0.253 e. The Labute approximate surface area is 176 Å². The van der Waals surface area contributed by atoms with Gasteiger partial charge in [-0.1, -0.05) is 13.8 Å². The van der Waals surface area contributed by atoms with Gasteiger partial charge >= 0.3 is 0 Å². The molecule has 2 aliphatic rings. The number of imidazole rings is 1. The van der Waals surface area contributed by atoms with Gasteiger partial charge in [0, 0.05) is 44.0 Å². The summed E-state index contributed by atoms with van der Waals surface area (Å²) in [5.41, 5.74) is 2.35. The molecule has 2 fully saturated rings. The van der Waals surface area contributed by atoms with Crippen LogP contribution in [0.2, 0.25) is 0 Å². The largest absolute Gasteiger partial charge is 0.393 e. The van der Waals surface area contributed by atoms with Crippen molar-refractivity contribution in [2.45, 2.75) is 76.9 Å². The number of carbonyl (C=O) groups is 1. The Bertz CT molecular complexity index is 907. The zero-order valence-corrected chi connectivity index (χ0v) is 17.8. The minimum atomic E-state index is -2.52. The predicted molar refractivity (Wildman–Crippen MR) is 112 cm³/mol. The summed E-state index contributed by atoms with van der Waals surface area (Å²) >= 11 is 0. The Morgan fingerprint density at radius 1 is 1.20 bits per heavy atom. The molecule has 1 aliphatic carbocycles. The molecule has 0 unspecified atom stereocenters. The SMILES string of the molecule is CC(C)c1nc2cc(C(=O)N3CCC(O)CC3)ccc2n1CC1CCC(F)(F)CC1. The molecule has 1 amide bonds. The van der Waals surface area contributed by atoms with Crippen LogP contribution in [0.25, 0.3) is 11.0 Å². The number of aliphatic hydroxyl groups excluding tert-OH is 1. The molecule has 1 aromatic carbocycles. The number of rotatable bonds is 4. The molecule has 1 saturated carbocycles. The van der Waals surface area contributed by atoms with Gasteiger partial charge in [0.15, 0.2) is 0 Å². The van der Waals surface area contributed by atoms with Crippen LogP contribution in [0.3, 0.4) is 0 Å². The number of alkyl halides is 2. The van der Waals surface area contributed by atoms with Crippen LogP contribution >= 0.6 is 0 Å². The van der Waals surface area contributed by atoms with Gasteiger partial charge in [-0.3, -0.25) is 4.79 Å². The number of hydrogen-bond donors (Lipinski definition) is 1. The van der Waals surface area contributed by atoms with E-state index < -0.39 is 5.92 Å². The average molecular weight is 420 g/mol. The number of nitrogens with zero attached hydrogens (tertiary/aromatic N) is 3.